The summed E-state index contributed by atoms with van der Waals surface area (Å²) in [6, 6.07) is 6.37. The first-order valence-corrected chi connectivity index (χ1v) is 6.86. The van der Waals surface area contributed by atoms with Crippen LogP contribution < -0.4 is 15.4 Å². The molecule has 122 valence electrons. The van der Waals surface area contributed by atoms with Gasteiger partial charge in [-0.15, -0.1) is 6.58 Å². The number of ether oxygens (including phenoxy) is 1. The Labute approximate surface area is 128 Å². The topological polar surface area (TPSA) is 45.7 Å². The molecule has 0 saturated carbocycles. The van der Waals surface area contributed by atoms with Gasteiger partial charge < -0.3 is 15.4 Å². The summed E-state index contributed by atoms with van der Waals surface area (Å²) in [6.07, 6.45) is -2.61. The minimum absolute atomic E-state index is 0.182. The largest absolute Gasteiger partial charge is 0.484 e. The Morgan fingerprint density at radius 2 is 1.95 bits per heavy atom. The number of nitrogens with zero attached hydrogens (tertiary/aromatic N) is 1. The second-order valence-corrected chi connectivity index (χ2v) is 4.41. The van der Waals surface area contributed by atoms with Crippen LogP contribution in [0.25, 0.3) is 0 Å². The quantitative estimate of drug-likeness (QED) is 0.462. The summed E-state index contributed by atoms with van der Waals surface area (Å²) >= 11 is 0. The molecule has 0 aliphatic heterocycles. The molecule has 0 radical (unpaired) electrons. The van der Waals surface area contributed by atoms with E-state index in [0.717, 1.165) is 12.1 Å². The lowest BCUT2D eigenvalue weighted by Crippen LogP contribution is -2.37. The summed E-state index contributed by atoms with van der Waals surface area (Å²) in [4.78, 5) is 4.36. The number of hydrogen-bond donors (Lipinski definition) is 2. The highest BCUT2D eigenvalue weighted by molar-refractivity contribution is 5.79. The molecule has 0 bridgehead atoms. The van der Waals surface area contributed by atoms with Gasteiger partial charge in [-0.1, -0.05) is 18.2 Å². The van der Waals surface area contributed by atoms with Gasteiger partial charge in [0.05, 0.1) is 6.54 Å². The number of nitrogens with one attached hydrogen (secondary N) is 2. The van der Waals surface area contributed by atoms with E-state index in [-0.39, 0.29) is 5.75 Å². The number of benzene rings is 1. The lowest BCUT2D eigenvalue weighted by atomic mass is 10.2. The van der Waals surface area contributed by atoms with Gasteiger partial charge in [0.15, 0.2) is 12.6 Å². The molecule has 1 aromatic carbocycles. The second-order valence-electron chi connectivity index (χ2n) is 4.41. The van der Waals surface area contributed by atoms with Gasteiger partial charge in [-0.3, -0.25) is 0 Å². The molecule has 0 spiro atoms. The van der Waals surface area contributed by atoms with E-state index in [0.29, 0.717) is 19.0 Å². The van der Waals surface area contributed by atoms with E-state index in [4.69, 9.17) is 0 Å². The highest BCUT2D eigenvalue weighted by Gasteiger charge is 2.28. The molecule has 4 nitrogen and oxygen atoms in total. The van der Waals surface area contributed by atoms with Crippen LogP contribution >= 0.6 is 0 Å². The van der Waals surface area contributed by atoms with Crippen molar-refractivity contribution >= 4 is 5.96 Å². The van der Waals surface area contributed by atoms with Gasteiger partial charge in [-0.2, -0.15) is 13.2 Å². The minimum atomic E-state index is -4.33. The Balaban J connectivity index is 2.56. The molecule has 0 atom stereocenters. The molecule has 1 aromatic rings. The summed E-state index contributed by atoms with van der Waals surface area (Å²) < 4.78 is 40.8. The van der Waals surface area contributed by atoms with E-state index in [1.165, 1.54) is 12.1 Å². The molecule has 7 heteroatoms. The van der Waals surface area contributed by atoms with Crippen LogP contribution in [0.5, 0.6) is 5.75 Å². The zero-order valence-electron chi connectivity index (χ0n) is 12.4. The van der Waals surface area contributed by atoms with Crippen LogP contribution in [-0.4, -0.2) is 31.8 Å². The van der Waals surface area contributed by atoms with Crippen molar-refractivity contribution in [2.24, 2.45) is 4.99 Å². The molecule has 0 aliphatic rings. The van der Waals surface area contributed by atoms with Crippen LogP contribution in [0, 0.1) is 0 Å². The van der Waals surface area contributed by atoms with Crippen molar-refractivity contribution in [2.75, 3.05) is 19.7 Å². The van der Waals surface area contributed by atoms with Crippen LogP contribution in [0.4, 0.5) is 13.2 Å². The third-order valence-corrected chi connectivity index (χ3v) is 2.50. The Kier molecular flexibility index (Phi) is 7.28. The molecule has 0 aromatic heterocycles. The van der Waals surface area contributed by atoms with E-state index >= 15 is 0 Å². The number of halogens is 3. The Morgan fingerprint density at radius 3 is 2.50 bits per heavy atom. The molecule has 0 aliphatic carbocycles. The van der Waals surface area contributed by atoms with Gasteiger partial charge in [-0.05, 0) is 24.6 Å². The average molecular weight is 315 g/mol. The molecule has 0 amide bonds. The lowest BCUT2D eigenvalue weighted by Gasteiger charge is -2.10. The maximum absolute atomic E-state index is 12.0. The number of aliphatic imine (C=N–C) groups is 1. The summed E-state index contributed by atoms with van der Waals surface area (Å²) in [5.74, 6) is 0.835. The van der Waals surface area contributed by atoms with Crippen molar-refractivity contribution in [3.8, 4) is 5.75 Å². The molecule has 0 saturated heterocycles. The van der Waals surface area contributed by atoms with Crippen molar-refractivity contribution in [3.05, 3.63) is 42.5 Å². The first-order valence-electron chi connectivity index (χ1n) is 6.86. The van der Waals surface area contributed by atoms with Crippen molar-refractivity contribution in [2.45, 2.75) is 19.6 Å². The molecule has 1 rings (SSSR count). The van der Waals surface area contributed by atoms with E-state index < -0.39 is 12.8 Å². The fraction of sp³-hybridized carbons (Fsp3) is 0.400. The molecule has 0 unspecified atom stereocenters. The highest BCUT2D eigenvalue weighted by Crippen LogP contribution is 2.19. The van der Waals surface area contributed by atoms with Crippen LogP contribution in [0.15, 0.2) is 41.9 Å². The molecule has 0 fully saturated rings. The van der Waals surface area contributed by atoms with Crippen molar-refractivity contribution in [3.63, 3.8) is 0 Å². The number of guanidine groups is 1. The predicted molar refractivity (Wildman–Crippen MR) is 81.0 cm³/mol. The lowest BCUT2D eigenvalue weighted by molar-refractivity contribution is -0.153. The van der Waals surface area contributed by atoms with Crippen LogP contribution in [0.3, 0.4) is 0 Å². The first kappa shape index (κ1) is 17.9. The molecule has 22 heavy (non-hydrogen) atoms. The van der Waals surface area contributed by atoms with Gasteiger partial charge >= 0.3 is 6.18 Å². The smallest absolute Gasteiger partial charge is 0.422 e. The van der Waals surface area contributed by atoms with Crippen LogP contribution in [0.2, 0.25) is 0 Å². The number of hydrogen-bond acceptors (Lipinski definition) is 2. The highest BCUT2D eigenvalue weighted by atomic mass is 19.4. The van der Waals surface area contributed by atoms with Gasteiger partial charge in [0.2, 0.25) is 0 Å². The van der Waals surface area contributed by atoms with Crippen molar-refractivity contribution in [1.82, 2.24) is 10.6 Å². The zero-order valence-corrected chi connectivity index (χ0v) is 12.4. The summed E-state index contributed by atoms with van der Waals surface area (Å²) in [5, 5.41) is 6.14. The van der Waals surface area contributed by atoms with Crippen molar-refractivity contribution in [1.29, 1.82) is 0 Å². The molecule has 0 heterocycles. The maximum Gasteiger partial charge on any atom is 0.422 e. The Hall–Kier alpha value is -2.18. The Morgan fingerprint density at radius 1 is 1.27 bits per heavy atom. The average Bonchev–Trinajstić information content (AvgIpc) is 2.48. The summed E-state index contributed by atoms with van der Waals surface area (Å²) in [6.45, 7) is 6.01. The standard InChI is InChI=1S/C15H20F3N3O/c1-3-9-20-14(19-4-2)21-10-12-5-7-13(8-6-12)22-11-15(16,17)18/h3,5-8H,1,4,9-11H2,2H3,(H2,19,20,21). The molecular weight excluding hydrogens is 295 g/mol. The summed E-state index contributed by atoms with van der Waals surface area (Å²) in [5.41, 5.74) is 0.871. The third kappa shape index (κ3) is 7.56. The Bertz CT molecular complexity index is 484. The number of alkyl halides is 3. The van der Waals surface area contributed by atoms with Gasteiger partial charge in [0.25, 0.3) is 0 Å². The van der Waals surface area contributed by atoms with Gasteiger partial charge in [0, 0.05) is 13.1 Å². The summed E-state index contributed by atoms with van der Waals surface area (Å²) in [7, 11) is 0. The predicted octanol–water partition coefficient (Wildman–Crippen LogP) is 2.87. The fourth-order valence-electron chi connectivity index (χ4n) is 1.54. The van der Waals surface area contributed by atoms with Gasteiger partial charge in [-0.25, -0.2) is 4.99 Å². The maximum atomic E-state index is 12.0. The SMILES string of the molecule is C=CCNC(=NCc1ccc(OCC(F)(F)F)cc1)NCC. The normalized spacial score (nSPS) is 11.9. The van der Waals surface area contributed by atoms with E-state index in [2.05, 4.69) is 26.9 Å². The van der Waals surface area contributed by atoms with Crippen LogP contribution in [-0.2, 0) is 6.54 Å². The third-order valence-electron chi connectivity index (χ3n) is 2.50. The van der Waals surface area contributed by atoms with E-state index in [1.54, 1.807) is 18.2 Å². The van der Waals surface area contributed by atoms with E-state index in [1.807, 2.05) is 6.92 Å². The van der Waals surface area contributed by atoms with Crippen molar-refractivity contribution < 1.29 is 17.9 Å². The van der Waals surface area contributed by atoms with Gasteiger partial charge in [0.1, 0.15) is 5.75 Å². The molecule has 2 N–H and O–H groups in total. The molecular formula is C15H20F3N3O. The number of rotatable bonds is 7. The first-order chi connectivity index (χ1) is 10.4. The zero-order chi connectivity index (χ0) is 16.4. The van der Waals surface area contributed by atoms with E-state index in [9.17, 15) is 13.2 Å². The minimum Gasteiger partial charge on any atom is -0.484 e. The monoisotopic (exact) mass is 315 g/mol. The van der Waals surface area contributed by atoms with Crippen LogP contribution in [0.1, 0.15) is 12.5 Å². The second kappa shape index (κ2) is 8.96. The fourth-order valence-corrected chi connectivity index (χ4v) is 1.54.